The molecule has 3 aromatic rings. The molecule has 20 nitrogen and oxygen atoms in total. The number of aromatic hydroxyl groups is 3. The summed E-state index contributed by atoms with van der Waals surface area (Å²) in [7, 11) is 1.25. The number of hydrogen-bond donors (Lipinski definition) is 11. The van der Waals surface area contributed by atoms with Crippen molar-refractivity contribution in [3.05, 3.63) is 68.8 Å². The lowest BCUT2D eigenvalue weighted by molar-refractivity contribution is -0.353. The number of carbonyl (C=O) groups is 4. The van der Waals surface area contributed by atoms with Crippen LogP contribution in [0.1, 0.15) is 84.9 Å². The molecule has 12 atom stereocenters. The van der Waals surface area contributed by atoms with Gasteiger partial charge in [0.15, 0.2) is 24.1 Å². The zero-order chi connectivity index (χ0) is 43.1. The number of fused-ring (bicyclic) bond motifs is 5. The number of carbonyl (C=O) groups excluding carboxylic acids is 3. The van der Waals surface area contributed by atoms with Crippen molar-refractivity contribution in [3.63, 3.8) is 0 Å². The normalized spacial score (nSPS) is 30.4. The first-order valence-electron chi connectivity index (χ1n) is 18.3. The number of phenolic OH excluding ortho intramolecular Hbond substituents is 3. The minimum Gasteiger partial charge on any atom is -0.507 e. The van der Waals surface area contributed by atoms with Crippen molar-refractivity contribution < 1.29 is 93.9 Å². The lowest BCUT2D eigenvalue weighted by atomic mass is 9.74. The molecule has 11 N–H and O–H groups in total. The largest absolute Gasteiger partial charge is 0.507 e. The van der Waals surface area contributed by atoms with E-state index in [9.17, 15) is 70.2 Å². The van der Waals surface area contributed by atoms with Crippen molar-refractivity contribution in [1.82, 2.24) is 5.32 Å². The molecule has 20 heteroatoms. The van der Waals surface area contributed by atoms with E-state index in [4.69, 9.17) is 23.7 Å². The third-order valence-electron chi connectivity index (χ3n) is 11.0. The first kappa shape index (κ1) is 41.9. The average molecular weight is 828 g/mol. The molecular weight excluding hydrogens is 786 g/mol. The van der Waals surface area contributed by atoms with Crippen LogP contribution in [0, 0.1) is 6.92 Å². The summed E-state index contributed by atoms with van der Waals surface area (Å²) < 4.78 is 28.1. The van der Waals surface area contributed by atoms with E-state index in [1.54, 1.807) is 0 Å². The molecule has 3 aromatic carbocycles. The fourth-order valence-electron chi connectivity index (χ4n) is 7.88. The van der Waals surface area contributed by atoms with E-state index in [0.29, 0.717) is 0 Å². The van der Waals surface area contributed by atoms with Crippen LogP contribution in [0.5, 0.6) is 23.0 Å². The molecule has 1 amide bonds. The molecule has 0 radical (unpaired) electrons. The van der Waals surface area contributed by atoms with Crippen molar-refractivity contribution in [1.29, 1.82) is 0 Å². The number of methoxy groups -OCH3 is 1. The molecule has 0 bridgehead atoms. The Morgan fingerprint density at radius 3 is 2.10 bits per heavy atom. The minimum absolute atomic E-state index is 0.0000755. The van der Waals surface area contributed by atoms with Gasteiger partial charge in [-0.3, -0.25) is 19.2 Å². The van der Waals surface area contributed by atoms with Gasteiger partial charge in [0, 0.05) is 28.3 Å². The molecule has 0 saturated carbocycles. The summed E-state index contributed by atoms with van der Waals surface area (Å²) >= 11 is 0. The van der Waals surface area contributed by atoms with Gasteiger partial charge < -0.3 is 80.1 Å². The van der Waals surface area contributed by atoms with Gasteiger partial charge in [-0.1, -0.05) is 6.07 Å². The zero-order valence-electron chi connectivity index (χ0n) is 31.6. The molecule has 2 heterocycles. The topological polar surface area (TPSA) is 329 Å². The molecule has 7 rings (SSSR count). The summed E-state index contributed by atoms with van der Waals surface area (Å²) in [5, 5.41) is 111. The third kappa shape index (κ3) is 6.76. The number of rotatable bonds is 8. The Balaban J connectivity index is 1.36. The molecule has 2 aliphatic carbocycles. The smallest absolute Gasteiger partial charge is 0.325 e. The highest BCUT2D eigenvalue weighted by Crippen LogP contribution is 2.57. The van der Waals surface area contributed by atoms with Crippen molar-refractivity contribution in [2.45, 2.75) is 94.3 Å². The Morgan fingerprint density at radius 2 is 1.44 bits per heavy atom. The van der Waals surface area contributed by atoms with E-state index < -0.39 is 154 Å². The summed E-state index contributed by atoms with van der Waals surface area (Å²) in [5.74, 6) is -6.80. The quantitative estimate of drug-likeness (QED) is 0.103. The van der Waals surface area contributed by atoms with Crippen LogP contribution in [0.3, 0.4) is 0 Å². The number of amides is 1. The van der Waals surface area contributed by atoms with Crippen molar-refractivity contribution in [2.75, 3.05) is 13.7 Å². The Hall–Kier alpha value is -5.26. The fraction of sp³-hybridized carbons (Fsp3) is 0.436. The van der Waals surface area contributed by atoms with Gasteiger partial charge in [0.25, 0.3) is 5.91 Å². The summed E-state index contributed by atoms with van der Waals surface area (Å²) in [6, 6.07) is 3.12. The number of nitrogens with one attached hydrogen (secondary N) is 1. The number of aliphatic hydroxyl groups excluding tert-OH is 6. The molecular formula is C39H41NO19. The molecule has 316 valence electrons. The van der Waals surface area contributed by atoms with Gasteiger partial charge in [0.2, 0.25) is 0 Å². The van der Waals surface area contributed by atoms with Crippen LogP contribution in [-0.4, -0.2) is 150 Å². The van der Waals surface area contributed by atoms with Crippen molar-refractivity contribution in [3.8, 4) is 34.1 Å². The monoisotopic (exact) mass is 827 g/mol. The van der Waals surface area contributed by atoms with Gasteiger partial charge in [-0.25, -0.2) is 0 Å². The predicted molar refractivity (Wildman–Crippen MR) is 194 cm³/mol. The average Bonchev–Trinajstić information content (AvgIpc) is 3.18. The lowest BCUT2D eigenvalue weighted by Crippen LogP contribution is -2.62. The molecule has 2 aliphatic heterocycles. The highest BCUT2D eigenvalue weighted by Gasteiger charge is 2.51. The molecule has 0 spiro atoms. The SMILES string of the molecule is COc1cc(O)c2c(c1)C(=O)c1c(cc3c(c1O)-c1c(cc(C)c(C(=O)NC(C)C(=O)O)c1O)[C@H](OC1OC(C)C(O)C(OC4OCC(O)C(O)C4O)C1O)[C@H]3O)C2=O. The summed E-state index contributed by atoms with van der Waals surface area (Å²) in [5.41, 5.74) is -3.66. The lowest BCUT2D eigenvalue weighted by Gasteiger charge is -2.45. The maximum Gasteiger partial charge on any atom is 0.325 e. The van der Waals surface area contributed by atoms with Crippen LogP contribution in [-0.2, 0) is 23.7 Å². The van der Waals surface area contributed by atoms with Crippen molar-refractivity contribution in [2.24, 2.45) is 0 Å². The maximum absolute atomic E-state index is 14.0. The van der Waals surface area contributed by atoms with Crippen LogP contribution >= 0.6 is 0 Å². The molecule has 10 unspecified atom stereocenters. The summed E-state index contributed by atoms with van der Waals surface area (Å²) in [6.45, 7) is 3.43. The molecule has 0 aromatic heterocycles. The summed E-state index contributed by atoms with van der Waals surface area (Å²) in [6.07, 6.45) is -18.6. The van der Waals surface area contributed by atoms with Gasteiger partial charge >= 0.3 is 5.97 Å². The number of ketones is 2. The number of phenols is 3. The van der Waals surface area contributed by atoms with Crippen LogP contribution in [0.25, 0.3) is 11.1 Å². The second-order valence-electron chi connectivity index (χ2n) is 14.8. The number of hydrogen-bond acceptors (Lipinski definition) is 18. The maximum atomic E-state index is 14.0. The van der Waals surface area contributed by atoms with E-state index in [1.807, 2.05) is 0 Å². The third-order valence-corrected chi connectivity index (χ3v) is 11.0. The molecule has 2 saturated heterocycles. The van der Waals surface area contributed by atoms with Gasteiger partial charge in [-0.05, 0) is 49.6 Å². The Morgan fingerprint density at radius 1 is 0.797 bits per heavy atom. The van der Waals surface area contributed by atoms with E-state index >= 15 is 0 Å². The van der Waals surface area contributed by atoms with Crippen LogP contribution in [0.15, 0.2) is 24.3 Å². The van der Waals surface area contributed by atoms with Gasteiger partial charge in [-0.2, -0.15) is 0 Å². The minimum atomic E-state index is -1.96. The van der Waals surface area contributed by atoms with Gasteiger partial charge in [0.1, 0.15) is 77.9 Å². The number of aliphatic carboxylic acids is 1. The van der Waals surface area contributed by atoms with E-state index in [-0.39, 0.29) is 28.0 Å². The van der Waals surface area contributed by atoms with Gasteiger partial charge in [0.05, 0.1) is 36.5 Å². The number of carboxylic acids is 1. The highest BCUT2D eigenvalue weighted by molar-refractivity contribution is 6.31. The van der Waals surface area contributed by atoms with Crippen molar-refractivity contribution >= 4 is 23.4 Å². The second-order valence-corrected chi connectivity index (χ2v) is 14.8. The standard InChI is InChI=1S/C39H41NO19/c1-10-5-17-23(30(48)20(10)36(52)40-11(2)37(53)54)22-15(8-16-24(31(22)49)27(45)14-6-13(55-4)7-18(41)21(14)26(16)44)28(46)34(17)58-39-33(51)35(25(43)12(3)57-39)59-38-32(50)29(47)19(42)9-56-38/h5-8,11-12,19,25,28-29,32-35,38-39,41-43,46-51H,9H2,1-4H3,(H,40,52)(H,53,54)/t11?,12?,19?,25?,28-,29?,32?,33?,34-,35?,38?,39?/m0/s1. The molecule has 4 aliphatic rings. The number of benzene rings is 3. The Kier molecular flexibility index (Phi) is 10.9. The highest BCUT2D eigenvalue weighted by atomic mass is 16.7. The van der Waals surface area contributed by atoms with E-state index in [1.165, 1.54) is 40.0 Å². The molecule has 59 heavy (non-hydrogen) atoms. The van der Waals surface area contributed by atoms with E-state index in [2.05, 4.69) is 5.32 Å². The first-order valence-corrected chi connectivity index (χ1v) is 18.3. The van der Waals surface area contributed by atoms with E-state index in [0.717, 1.165) is 12.1 Å². The summed E-state index contributed by atoms with van der Waals surface area (Å²) in [4.78, 5) is 53.1. The zero-order valence-corrected chi connectivity index (χ0v) is 31.6. The van der Waals surface area contributed by atoms with Crippen LogP contribution < -0.4 is 10.1 Å². The first-order chi connectivity index (χ1) is 27.8. The number of ether oxygens (including phenoxy) is 5. The Bertz CT molecular complexity index is 2260. The second kappa shape index (κ2) is 15.4. The number of aliphatic hydroxyl groups is 6. The predicted octanol–water partition coefficient (Wildman–Crippen LogP) is -0.839. The van der Waals surface area contributed by atoms with Crippen LogP contribution in [0.2, 0.25) is 0 Å². The molecule has 2 fully saturated rings. The number of aryl methyl sites for hydroxylation is 1. The van der Waals surface area contributed by atoms with Gasteiger partial charge in [-0.15, -0.1) is 0 Å². The Labute approximate surface area is 333 Å². The number of carboxylic acid groups (broad SMARTS) is 1. The van der Waals surface area contributed by atoms with Crippen LogP contribution in [0.4, 0.5) is 0 Å². The fourth-order valence-corrected chi connectivity index (χ4v) is 7.88.